The molecule has 0 fully saturated rings. The molecule has 90 valence electrons. The quantitative estimate of drug-likeness (QED) is 0.642. The van der Waals surface area contributed by atoms with Gasteiger partial charge in [0, 0.05) is 10.9 Å². The molecule has 0 amide bonds. The van der Waals surface area contributed by atoms with Crippen molar-refractivity contribution in [3.05, 3.63) is 39.9 Å². The van der Waals surface area contributed by atoms with Crippen molar-refractivity contribution in [1.29, 1.82) is 0 Å². The average molecular weight is 293 g/mol. The summed E-state index contributed by atoms with van der Waals surface area (Å²) in [5.41, 5.74) is 2.26. The van der Waals surface area contributed by atoms with Gasteiger partial charge in [-0.25, -0.2) is 0 Å². The number of hydrogen-bond donors (Lipinski definition) is 1. The molecule has 1 rings (SSSR count). The molecule has 0 spiro atoms. The molecule has 17 heavy (non-hydrogen) atoms. The van der Waals surface area contributed by atoms with Gasteiger partial charge >= 0.3 is 0 Å². The minimum absolute atomic E-state index is 0.352. The molecule has 1 N–H and O–H groups in total. The largest absolute Gasteiger partial charge is 0.508 e. The van der Waals surface area contributed by atoms with Crippen molar-refractivity contribution in [2.24, 2.45) is 0 Å². The van der Waals surface area contributed by atoms with Gasteiger partial charge in [-0.1, -0.05) is 27.6 Å². The van der Waals surface area contributed by atoms with Gasteiger partial charge in [-0.2, -0.15) is 0 Å². The Bertz CT molecular complexity index is 464. The Hall–Kier alpha value is -1.20. The molecule has 0 aliphatic rings. The number of phenols is 1. The maximum absolute atomic E-state index is 9.69. The van der Waals surface area contributed by atoms with Crippen LogP contribution in [0.3, 0.4) is 0 Å². The van der Waals surface area contributed by atoms with Crippen LogP contribution < -0.4 is 0 Å². The van der Waals surface area contributed by atoms with Crippen LogP contribution in [-0.4, -0.2) is 5.11 Å². The first-order chi connectivity index (χ1) is 8.13. The average Bonchev–Trinajstić information content (AvgIpc) is 2.31. The smallest absolute Gasteiger partial charge is 0.119 e. The van der Waals surface area contributed by atoms with Crippen LogP contribution in [0.25, 0.3) is 0 Å². The standard InChI is InChI=1S/C15H17BrO/c1-3-4-5-6-12(2)7-8-13-11-14(16)9-10-15(13)17/h7,9-11,17H,5-6,8H2,1-2H3/b12-7+. The maximum atomic E-state index is 9.69. The number of phenolic OH excluding ortho intramolecular Hbond substituents is 1. The zero-order chi connectivity index (χ0) is 12.7. The number of benzene rings is 1. The molecule has 0 aliphatic heterocycles. The molecular formula is C15H17BrO. The molecule has 0 saturated carbocycles. The second-order valence-corrected chi connectivity index (χ2v) is 4.87. The predicted molar refractivity (Wildman–Crippen MR) is 76.0 cm³/mol. The summed E-state index contributed by atoms with van der Waals surface area (Å²) in [6.45, 7) is 3.96. The number of hydrogen-bond acceptors (Lipinski definition) is 1. The Morgan fingerprint density at radius 3 is 2.94 bits per heavy atom. The van der Waals surface area contributed by atoms with Crippen molar-refractivity contribution in [2.45, 2.75) is 33.1 Å². The van der Waals surface area contributed by atoms with Gasteiger partial charge < -0.3 is 5.11 Å². The first-order valence-electron chi connectivity index (χ1n) is 5.66. The Kier molecular flexibility index (Phi) is 5.86. The minimum Gasteiger partial charge on any atom is -0.508 e. The zero-order valence-corrected chi connectivity index (χ0v) is 11.8. The molecule has 2 heteroatoms. The number of halogens is 1. The number of rotatable bonds is 4. The molecule has 0 atom stereocenters. The summed E-state index contributed by atoms with van der Waals surface area (Å²) < 4.78 is 0.994. The van der Waals surface area contributed by atoms with E-state index in [1.807, 2.05) is 19.1 Å². The van der Waals surface area contributed by atoms with E-state index in [4.69, 9.17) is 0 Å². The summed E-state index contributed by atoms with van der Waals surface area (Å²) in [7, 11) is 0. The Labute approximate surface area is 112 Å². The van der Waals surface area contributed by atoms with Crippen molar-refractivity contribution in [2.75, 3.05) is 0 Å². The highest BCUT2D eigenvalue weighted by atomic mass is 79.9. The van der Waals surface area contributed by atoms with Crippen LogP contribution in [0.4, 0.5) is 0 Å². The Morgan fingerprint density at radius 2 is 2.24 bits per heavy atom. The predicted octanol–water partition coefficient (Wildman–Crippen LogP) is 4.45. The second kappa shape index (κ2) is 7.19. The third-order valence-corrected chi connectivity index (χ3v) is 3.03. The summed E-state index contributed by atoms with van der Waals surface area (Å²) in [4.78, 5) is 0. The van der Waals surface area contributed by atoms with Gasteiger partial charge in [0.1, 0.15) is 5.75 Å². The molecule has 0 aliphatic carbocycles. The maximum Gasteiger partial charge on any atom is 0.119 e. The van der Waals surface area contributed by atoms with Crippen LogP contribution in [0, 0.1) is 11.8 Å². The fourth-order valence-electron chi connectivity index (χ4n) is 1.49. The fraction of sp³-hybridized carbons (Fsp3) is 0.333. The van der Waals surface area contributed by atoms with Crippen molar-refractivity contribution in [1.82, 2.24) is 0 Å². The highest BCUT2D eigenvalue weighted by molar-refractivity contribution is 9.10. The van der Waals surface area contributed by atoms with E-state index >= 15 is 0 Å². The van der Waals surface area contributed by atoms with Crippen molar-refractivity contribution in [3.63, 3.8) is 0 Å². The number of allylic oxidation sites excluding steroid dienone is 2. The normalized spacial score (nSPS) is 10.9. The van der Waals surface area contributed by atoms with E-state index < -0.39 is 0 Å². The van der Waals surface area contributed by atoms with Gasteiger partial charge in [-0.3, -0.25) is 0 Å². The fourth-order valence-corrected chi connectivity index (χ4v) is 1.90. The van der Waals surface area contributed by atoms with Crippen LogP contribution >= 0.6 is 15.9 Å². The Morgan fingerprint density at radius 1 is 1.47 bits per heavy atom. The lowest BCUT2D eigenvalue weighted by Crippen LogP contribution is -1.85. The van der Waals surface area contributed by atoms with E-state index in [0.29, 0.717) is 5.75 Å². The number of aromatic hydroxyl groups is 1. The Balaban J connectivity index is 2.61. The lowest BCUT2D eigenvalue weighted by molar-refractivity contribution is 0.469. The van der Waals surface area contributed by atoms with Gasteiger partial charge in [-0.15, -0.1) is 11.8 Å². The highest BCUT2D eigenvalue weighted by Gasteiger charge is 2.00. The summed E-state index contributed by atoms with van der Waals surface area (Å²) in [6.07, 6.45) is 4.81. The zero-order valence-electron chi connectivity index (χ0n) is 10.3. The first kappa shape index (κ1) is 13.9. The van der Waals surface area contributed by atoms with Gasteiger partial charge in [-0.05, 0) is 50.5 Å². The van der Waals surface area contributed by atoms with E-state index in [2.05, 4.69) is 40.8 Å². The summed E-state index contributed by atoms with van der Waals surface area (Å²) >= 11 is 3.40. The molecule has 1 nitrogen and oxygen atoms in total. The molecule has 0 bridgehead atoms. The van der Waals surface area contributed by atoms with Crippen LogP contribution in [0.1, 0.15) is 32.3 Å². The molecule has 0 saturated heterocycles. The lowest BCUT2D eigenvalue weighted by Gasteiger charge is -2.03. The summed E-state index contributed by atoms with van der Waals surface area (Å²) in [5.74, 6) is 6.29. The molecule has 0 aromatic heterocycles. The van der Waals surface area contributed by atoms with Crippen LogP contribution in [-0.2, 0) is 6.42 Å². The van der Waals surface area contributed by atoms with Crippen LogP contribution in [0.5, 0.6) is 5.75 Å². The third-order valence-electron chi connectivity index (χ3n) is 2.53. The van der Waals surface area contributed by atoms with E-state index in [9.17, 15) is 5.11 Å². The van der Waals surface area contributed by atoms with Crippen molar-refractivity contribution in [3.8, 4) is 17.6 Å². The topological polar surface area (TPSA) is 20.2 Å². The summed E-state index contributed by atoms with van der Waals surface area (Å²) in [5, 5.41) is 9.69. The van der Waals surface area contributed by atoms with Gasteiger partial charge in [0.15, 0.2) is 0 Å². The monoisotopic (exact) mass is 292 g/mol. The molecule has 0 unspecified atom stereocenters. The SMILES string of the molecule is CC#CCC/C(C)=C/Cc1cc(Br)ccc1O. The third kappa shape index (κ3) is 5.10. The van der Waals surface area contributed by atoms with Crippen molar-refractivity contribution >= 4 is 15.9 Å². The van der Waals surface area contributed by atoms with Crippen LogP contribution in [0.15, 0.2) is 34.3 Å². The molecule has 0 radical (unpaired) electrons. The van der Waals surface area contributed by atoms with Gasteiger partial charge in [0.2, 0.25) is 0 Å². The van der Waals surface area contributed by atoms with E-state index in [1.165, 1.54) is 5.57 Å². The molecule has 0 heterocycles. The first-order valence-corrected chi connectivity index (χ1v) is 6.45. The molecule has 1 aromatic rings. The molecule has 1 aromatic carbocycles. The van der Waals surface area contributed by atoms with Gasteiger partial charge in [0.05, 0.1) is 0 Å². The van der Waals surface area contributed by atoms with E-state index in [1.54, 1.807) is 6.07 Å². The lowest BCUT2D eigenvalue weighted by atomic mass is 10.1. The second-order valence-electron chi connectivity index (χ2n) is 3.95. The van der Waals surface area contributed by atoms with E-state index in [-0.39, 0.29) is 0 Å². The molecular weight excluding hydrogens is 276 g/mol. The van der Waals surface area contributed by atoms with Crippen LogP contribution in [0.2, 0.25) is 0 Å². The van der Waals surface area contributed by atoms with Gasteiger partial charge in [0.25, 0.3) is 0 Å². The van der Waals surface area contributed by atoms with Crippen molar-refractivity contribution < 1.29 is 5.11 Å². The highest BCUT2D eigenvalue weighted by Crippen LogP contribution is 2.23. The minimum atomic E-state index is 0.352. The summed E-state index contributed by atoms with van der Waals surface area (Å²) in [6, 6.07) is 5.50. The van der Waals surface area contributed by atoms with E-state index in [0.717, 1.165) is 29.3 Å².